The number of nitrogens with zero attached hydrogens (tertiary/aromatic N) is 3. The van der Waals surface area contributed by atoms with Gasteiger partial charge in [0.25, 0.3) is 5.91 Å². The molecule has 0 saturated carbocycles. The normalized spacial score (nSPS) is 11.5. The van der Waals surface area contributed by atoms with Crippen LogP contribution in [0, 0.1) is 6.92 Å². The van der Waals surface area contributed by atoms with Crippen LogP contribution in [0.3, 0.4) is 0 Å². The quantitative estimate of drug-likeness (QED) is 0.394. The first-order valence-corrected chi connectivity index (χ1v) is 11.2. The Morgan fingerprint density at radius 1 is 1.00 bits per heavy atom. The Kier molecular flexibility index (Phi) is 6.56. The zero-order valence-electron chi connectivity index (χ0n) is 19.8. The number of carbonyl (C=O) groups is 1. The average Bonchev–Trinajstić information content (AvgIpc) is 3.22. The maximum atomic E-state index is 12.5. The van der Waals surface area contributed by atoms with E-state index >= 15 is 0 Å². The molecule has 0 aliphatic rings. The van der Waals surface area contributed by atoms with Crippen molar-refractivity contribution in [2.45, 2.75) is 6.92 Å². The van der Waals surface area contributed by atoms with Crippen molar-refractivity contribution in [3.05, 3.63) is 58.4 Å². The topological polar surface area (TPSA) is 86.4 Å². The number of fused-ring (bicyclic) bond motifs is 1. The van der Waals surface area contributed by atoms with E-state index in [1.807, 2.05) is 49.4 Å². The maximum Gasteiger partial charge on any atom is 0.265 e. The van der Waals surface area contributed by atoms with Crippen molar-refractivity contribution in [1.82, 2.24) is 9.88 Å². The van der Waals surface area contributed by atoms with E-state index in [9.17, 15) is 4.79 Å². The van der Waals surface area contributed by atoms with Gasteiger partial charge in [-0.05, 0) is 43.3 Å². The lowest BCUT2D eigenvalue weighted by Gasteiger charge is -2.10. The summed E-state index contributed by atoms with van der Waals surface area (Å²) in [5, 5.41) is 1.88. The molecule has 2 aromatic heterocycles. The highest BCUT2D eigenvalue weighted by Gasteiger charge is 2.17. The fourth-order valence-electron chi connectivity index (χ4n) is 3.43. The molecule has 176 valence electrons. The third kappa shape index (κ3) is 4.47. The molecule has 1 amide bonds. The van der Waals surface area contributed by atoms with E-state index in [4.69, 9.17) is 23.6 Å². The van der Waals surface area contributed by atoms with Crippen LogP contribution in [0.15, 0.2) is 51.9 Å². The summed E-state index contributed by atoms with van der Waals surface area (Å²) < 4.78 is 22.4. The summed E-state index contributed by atoms with van der Waals surface area (Å²) in [6, 6.07) is 12.9. The first-order valence-electron chi connectivity index (χ1n) is 10.4. The Balaban J connectivity index is 1.93. The molecule has 2 aromatic carbocycles. The minimum Gasteiger partial charge on any atom is -0.497 e. The summed E-state index contributed by atoms with van der Waals surface area (Å²) in [7, 11) is 8.21. The standard InChI is InChI=1S/C25H25N3O5S/c1-14-23(24(29)28(2)3)34-25(26-14)27-18-13-21(15-7-9-20(31-5)22(11-15)32-6)33-19-10-8-16(30-4)12-17(18)19/h7-13H,1-6H3/b27-18+. The molecule has 2 heterocycles. The van der Waals surface area contributed by atoms with Gasteiger partial charge in [-0.15, -0.1) is 0 Å². The summed E-state index contributed by atoms with van der Waals surface area (Å²) in [4.78, 5) is 23.9. The van der Waals surface area contributed by atoms with Gasteiger partial charge in [-0.2, -0.15) is 0 Å². The van der Waals surface area contributed by atoms with E-state index in [0.717, 1.165) is 10.9 Å². The van der Waals surface area contributed by atoms with Crippen LogP contribution in [-0.4, -0.2) is 51.2 Å². The predicted octanol–water partition coefficient (Wildman–Crippen LogP) is 4.82. The Bertz CT molecular complexity index is 1440. The van der Waals surface area contributed by atoms with Gasteiger partial charge in [0.15, 0.2) is 11.5 Å². The fraction of sp³-hybridized carbons (Fsp3) is 0.240. The van der Waals surface area contributed by atoms with Crippen molar-refractivity contribution in [2.24, 2.45) is 4.99 Å². The van der Waals surface area contributed by atoms with Crippen LogP contribution in [0.2, 0.25) is 0 Å². The molecule has 9 heteroatoms. The van der Waals surface area contributed by atoms with E-state index in [-0.39, 0.29) is 5.91 Å². The number of carbonyl (C=O) groups excluding carboxylic acids is 1. The van der Waals surface area contributed by atoms with Crippen LogP contribution in [0.1, 0.15) is 15.4 Å². The van der Waals surface area contributed by atoms with Gasteiger partial charge in [-0.1, -0.05) is 11.3 Å². The first-order chi connectivity index (χ1) is 16.3. The molecule has 8 nitrogen and oxygen atoms in total. The fourth-order valence-corrected chi connectivity index (χ4v) is 4.41. The summed E-state index contributed by atoms with van der Waals surface area (Å²) >= 11 is 1.25. The molecule has 0 atom stereocenters. The molecule has 0 bridgehead atoms. The zero-order chi connectivity index (χ0) is 24.4. The van der Waals surface area contributed by atoms with Gasteiger partial charge in [0, 0.05) is 31.1 Å². The summed E-state index contributed by atoms with van der Waals surface area (Å²) in [6.45, 7) is 1.81. The molecule has 4 rings (SSSR count). The number of aryl methyl sites for hydroxylation is 1. The van der Waals surface area contributed by atoms with E-state index in [1.165, 1.54) is 16.2 Å². The lowest BCUT2D eigenvalue weighted by Crippen LogP contribution is -2.21. The number of aromatic nitrogens is 1. The molecular formula is C25H25N3O5S. The van der Waals surface area contributed by atoms with Crippen LogP contribution in [0.25, 0.3) is 22.3 Å². The van der Waals surface area contributed by atoms with Gasteiger partial charge in [0.05, 0.1) is 32.4 Å². The third-order valence-corrected chi connectivity index (χ3v) is 6.26. The second-order valence-corrected chi connectivity index (χ2v) is 8.63. The second-order valence-electron chi connectivity index (χ2n) is 7.65. The van der Waals surface area contributed by atoms with Crippen LogP contribution in [0.5, 0.6) is 17.2 Å². The predicted molar refractivity (Wildman–Crippen MR) is 131 cm³/mol. The molecule has 0 fully saturated rings. The average molecular weight is 480 g/mol. The third-order valence-electron chi connectivity index (χ3n) is 5.22. The van der Waals surface area contributed by atoms with E-state index in [2.05, 4.69) is 4.98 Å². The monoisotopic (exact) mass is 479 g/mol. The van der Waals surface area contributed by atoms with Crippen molar-refractivity contribution < 1.29 is 23.4 Å². The molecule has 0 spiro atoms. The first kappa shape index (κ1) is 23.3. The lowest BCUT2D eigenvalue weighted by molar-refractivity contribution is 0.0831. The number of ether oxygens (including phenoxy) is 3. The molecule has 0 unspecified atom stereocenters. The maximum absolute atomic E-state index is 12.5. The Labute approximate surface area is 201 Å². The SMILES string of the molecule is COc1ccc2oc(-c3ccc(OC)c(OC)c3)c/c(=N\c3nc(C)c(C(=O)N(C)C)s3)c2c1. The second kappa shape index (κ2) is 9.56. The highest BCUT2D eigenvalue weighted by Crippen LogP contribution is 2.33. The number of methoxy groups -OCH3 is 3. The number of hydrogen-bond donors (Lipinski definition) is 0. The van der Waals surface area contributed by atoms with Crippen molar-refractivity contribution >= 4 is 33.3 Å². The van der Waals surface area contributed by atoms with Gasteiger partial charge in [0.1, 0.15) is 22.0 Å². The van der Waals surface area contributed by atoms with Crippen LogP contribution in [-0.2, 0) is 0 Å². The van der Waals surface area contributed by atoms with Crippen LogP contribution in [0.4, 0.5) is 5.13 Å². The Morgan fingerprint density at radius 3 is 2.44 bits per heavy atom. The number of hydrogen-bond acceptors (Lipinski definition) is 8. The van der Waals surface area contributed by atoms with E-state index < -0.39 is 0 Å². The molecular weight excluding hydrogens is 454 g/mol. The van der Waals surface area contributed by atoms with E-state index in [0.29, 0.717) is 49.7 Å². The van der Waals surface area contributed by atoms with Gasteiger partial charge < -0.3 is 23.5 Å². The molecule has 0 aliphatic carbocycles. The number of thiazole rings is 1. The van der Waals surface area contributed by atoms with Gasteiger partial charge in [-0.25, -0.2) is 9.98 Å². The summed E-state index contributed by atoms with van der Waals surface area (Å²) in [5.41, 5.74) is 2.07. The van der Waals surface area contributed by atoms with E-state index in [1.54, 1.807) is 35.4 Å². The van der Waals surface area contributed by atoms with Crippen molar-refractivity contribution in [2.75, 3.05) is 35.4 Å². The van der Waals surface area contributed by atoms with Crippen LogP contribution >= 0.6 is 11.3 Å². The highest BCUT2D eigenvalue weighted by atomic mass is 32.1. The molecule has 34 heavy (non-hydrogen) atoms. The number of benzene rings is 2. The molecule has 0 saturated heterocycles. The van der Waals surface area contributed by atoms with Gasteiger partial charge >= 0.3 is 0 Å². The van der Waals surface area contributed by atoms with Crippen molar-refractivity contribution in [3.63, 3.8) is 0 Å². The number of amides is 1. The zero-order valence-corrected chi connectivity index (χ0v) is 20.6. The van der Waals surface area contributed by atoms with Gasteiger partial charge in [-0.3, -0.25) is 4.79 Å². The Morgan fingerprint density at radius 2 is 1.76 bits per heavy atom. The molecule has 0 aliphatic heterocycles. The number of rotatable bonds is 6. The minimum atomic E-state index is -0.0999. The van der Waals surface area contributed by atoms with Crippen molar-refractivity contribution in [1.29, 1.82) is 0 Å². The van der Waals surface area contributed by atoms with Crippen LogP contribution < -0.4 is 19.6 Å². The molecule has 0 N–H and O–H groups in total. The molecule has 4 aromatic rings. The molecule has 0 radical (unpaired) electrons. The summed E-state index contributed by atoms with van der Waals surface area (Å²) in [5.74, 6) is 2.38. The van der Waals surface area contributed by atoms with Gasteiger partial charge in [0.2, 0.25) is 5.13 Å². The lowest BCUT2D eigenvalue weighted by atomic mass is 10.1. The Hall–Kier alpha value is -3.85. The smallest absolute Gasteiger partial charge is 0.265 e. The minimum absolute atomic E-state index is 0.0999. The largest absolute Gasteiger partial charge is 0.497 e. The summed E-state index contributed by atoms with van der Waals surface area (Å²) in [6.07, 6.45) is 0. The highest BCUT2D eigenvalue weighted by molar-refractivity contribution is 7.17. The van der Waals surface area contributed by atoms with Crippen molar-refractivity contribution in [3.8, 4) is 28.6 Å².